The second-order valence-corrected chi connectivity index (χ2v) is 4.72. The van der Waals surface area contributed by atoms with E-state index in [1.165, 1.54) is 0 Å². The van der Waals surface area contributed by atoms with E-state index in [0.717, 1.165) is 18.7 Å². The Morgan fingerprint density at radius 1 is 1.37 bits per heavy atom. The standard InChI is InChI=1S/C14H16ClN3O/c1-11-7-10-18(17-11)9-4-8-16-14(19)12-5-2-3-6-13(12)15/h2-3,5-7,10H,4,8-9H2,1H3,(H,16,19). The number of nitrogens with zero attached hydrogens (tertiary/aromatic N) is 2. The predicted molar refractivity (Wildman–Crippen MR) is 75.4 cm³/mol. The largest absolute Gasteiger partial charge is 0.352 e. The zero-order valence-electron chi connectivity index (χ0n) is 10.8. The maximum Gasteiger partial charge on any atom is 0.252 e. The molecule has 19 heavy (non-hydrogen) atoms. The first-order valence-corrected chi connectivity index (χ1v) is 6.57. The number of nitrogens with one attached hydrogen (secondary N) is 1. The number of aromatic nitrogens is 2. The second-order valence-electron chi connectivity index (χ2n) is 4.31. The van der Waals surface area contributed by atoms with Gasteiger partial charge in [0.1, 0.15) is 0 Å². The Bertz CT molecular complexity index is 565. The lowest BCUT2D eigenvalue weighted by molar-refractivity contribution is 0.0952. The van der Waals surface area contributed by atoms with Crippen molar-refractivity contribution in [1.82, 2.24) is 15.1 Å². The molecule has 5 heteroatoms. The minimum atomic E-state index is -0.137. The summed E-state index contributed by atoms with van der Waals surface area (Å²) in [7, 11) is 0. The van der Waals surface area contributed by atoms with Crippen LogP contribution in [0.3, 0.4) is 0 Å². The first kappa shape index (κ1) is 13.6. The topological polar surface area (TPSA) is 46.9 Å². The van der Waals surface area contributed by atoms with E-state index >= 15 is 0 Å². The average molecular weight is 278 g/mol. The van der Waals surface area contributed by atoms with Crippen LogP contribution in [0, 0.1) is 6.92 Å². The molecule has 0 radical (unpaired) electrons. The minimum absolute atomic E-state index is 0.137. The highest BCUT2D eigenvalue weighted by atomic mass is 35.5. The molecule has 1 aromatic heterocycles. The quantitative estimate of drug-likeness (QED) is 0.854. The Labute approximate surface area is 117 Å². The number of amides is 1. The van der Waals surface area contributed by atoms with Gasteiger partial charge >= 0.3 is 0 Å². The van der Waals surface area contributed by atoms with Gasteiger partial charge in [0.25, 0.3) is 5.91 Å². The third-order valence-electron chi connectivity index (χ3n) is 2.74. The van der Waals surface area contributed by atoms with E-state index in [4.69, 9.17) is 11.6 Å². The van der Waals surface area contributed by atoms with Gasteiger partial charge in [0.2, 0.25) is 0 Å². The van der Waals surface area contributed by atoms with Crippen LogP contribution in [0.15, 0.2) is 36.5 Å². The molecule has 0 spiro atoms. The van der Waals surface area contributed by atoms with Gasteiger partial charge in [-0.2, -0.15) is 5.10 Å². The van der Waals surface area contributed by atoms with Gasteiger partial charge in [0, 0.05) is 19.3 Å². The number of rotatable bonds is 5. The third-order valence-corrected chi connectivity index (χ3v) is 3.07. The van der Waals surface area contributed by atoms with E-state index in [2.05, 4.69) is 10.4 Å². The Balaban J connectivity index is 1.77. The van der Waals surface area contributed by atoms with Crippen LogP contribution in [-0.2, 0) is 6.54 Å². The molecule has 0 fully saturated rings. The van der Waals surface area contributed by atoms with Crippen molar-refractivity contribution in [3.8, 4) is 0 Å². The number of aryl methyl sites for hydroxylation is 2. The van der Waals surface area contributed by atoms with Crippen LogP contribution in [0.5, 0.6) is 0 Å². The lowest BCUT2D eigenvalue weighted by Crippen LogP contribution is -2.25. The van der Waals surface area contributed by atoms with Crippen LogP contribution >= 0.6 is 11.6 Å². The molecule has 4 nitrogen and oxygen atoms in total. The van der Waals surface area contributed by atoms with Crippen molar-refractivity contribution in [2.45, 2.75) is 19.9 Å². The third kappa shape index (κ3) is 3.83. The lowest BCUT2D eigenvalue weighted by atomic mass is 10.2. The highest BCUT2D eigenvalue weighted by molar-refractivity contribution is 6.33. The van der Waals surface area contributed by atoms with Crippen LogP contribution in [0.1, 0.15) is 22.5 Å². The fourth-order valence-electron chi connectivity index (χ4n) is 1.77. The van der Waals surface area contributed by atoms with Crippen molar-refractivity contribution in [1.29, 1.82) is 0 Å². The van der Waals surface area contributed by atoms with Crippen LogP contribution in [0.25, 0.3) is 0 Å². The van der Waals surface area contributed by atoms with Crippen LogP contribution in [0.4, 0.5) is 0 Å². The lowest BCUT2D eigenvalue weighted by Gasteiger charge is -2.06. The highest BCUT2D eigenvalue weighted by Crippen LogP contribution is 2.14. The van der Waals surface area contributed by atoms with Crippen molar-refractivity contribution >= 4 is 17.5 Å². The van der Waals surface area contributed by atoms with E-state index in [0.29, 0.717) is 17.1 Å². The predicted octanol–water partition coefficient (Wildman–Crippen LogP) is 2.67. The van der Waals surface area contributed by atoms with Crippen LogP contribution in [-0.4, -0.2) is 22.2 Å². The zero-order valence-corrected chi connectivity index (χ0v) is 11.5. The van der Waals surface area contributed by atoms with Gasteiger partial charge in [-0.25, -0.2) is 0 Å². The van der Waals surface area contributed by atoms with Gasteiger partial charge in [-0.15, -0.1) is 0 Å². The normalized spacial score (nSPS) is 10.4. The van der Waals surface area contributed by atoms with Crippen molar-refractivity contribution in [2.24, 2.45) is 0 Å². The minimum Gasteiger partial charge on any atom is -0.352 e. The maximum atomic E-state index is 11.9. The van der Waals surface area contributed by atoms with Crippen molar-refractivity contribution in [3.05, 3.63) is 52.8 Å². The number of hydrogen-bond acceptors (Lipinski definition) is 2. The first-order chi connectivity index (χ1) is 9.16. The van der Waals surface area contributed by atoms with E-state index in [-0.39, 0.29) is 5.91 Å². The average Bonchev–Trinajstić information content (AvgIpc) is 2.81. The SMILES string of the molecule is Cc1ccn(CCCNC(=O)c2ccccc2Cl)n1. The molecule has 2 rings (SSSR count). The Kier molecular flexibility index (Phi) is 4.58. The van der Waals surface area contributed by atoms with Gasteiger partial charge in [-0.05, 0) is 31.5 Å². The molecule has 0 saturated carbocycles. The van der Waals surface area contributed by atoms with Gasteiger partial charge in [-0.1, -0.05) is 23.7 Å². The molecule has 1 aromatic carbocycles. The number of carbonyl (C=O) groups is 1. The van der Waals surface area contributed by atoms with Crippen molar-refractivity contribution in [2.75, 3.05) is 6.54 Å². The summed E-state index contributed by atoms with van der Waals surface area (Å²) >= 11 is 5.96. The molecule has 1 heterocycles. The summed E-state index contributed by atoms with van der Waals surface area (Å²) in [5.41, 5.74) is 1.51. The molecular weight excluding hydrogens is 262 g/mol. The van der Waals surface area contributed by atoms with Gasteiger partial charge < -0.3 is 5.32 Å². The van der Waals surface area contributed by atoms with Crippen molar-refractivity contribution in [3.63, 3.8) is 0 Å². The molecule has 0 bridgehead atoms. The fourth-order valence-corrected chi connectivity index (χ4v) is 1.99. The van der Waals surface area contributed by atoms with Crippen LogP contribution in [0.2, 0.25) is 5.02 Å². The first-order valence-electron chi connectivity index (χ1n) is 6.19. The Hall–Kier alpha value is -1.81. The molecule has 100 valence electrons. The molecule has 0 saturated heterocycles. The van der Waals surface area contributed by atoms with E-state index in [9.17, 15) is 4.79 Å². The van der Waals surface area contributed by atoms with Gasteiger partial charge in [0.05, 0.1) is 16.3 Å². The maximum absolute atomic E-state index is 11.9. The molecule has 0 aliphatic rings. The van der Waals surface area contributed by atoms with Gasteiger partial charge in [-0.3, -0.25) is 9.48 Å². The summed E-state index contributed by atoms with van der Waals surface area (Å²) in [6.45, 7) is 3.34. The number of carbonyl (C=O) groups excluding carboxylic acids is 1. The molecular formula is C14H16ClN3O. The van der Waals surface area contributed by atoms with Crippen molar-refractivity contribution < 1.29 is 4.79 Å². The van der Waals surface area contributed by atoms with E-state index < -0.39 is 0 Å². The molecule has 1 amide bonds. The smallest absolute Gasteiger partial charge is 0.252 e. The second kappa shape index (κ2) is 6.38. The summed E-state index contributed by atoms with van der Waals surface area (Å²) in [5.74, 6) is -0.137. The summed E-state index contributed by atoms with van der Waals surface area (Å²) in [5, 5.41) is 7.61. The molecule has 0 atom stereocenters. The molecule has 0 unspecified atom stereocenters. The summed E-state index contributed by atoms with van der Waals surface area (Å²) in [4.78, 5) is 11.9. The number of benzene rings is 1. The summed E-state index contributed by atoms with van der Waals surface area (Å²) < 4.78 is 1.87. The van der Waals surface area contributed by atoms with E-state index in [1.807, 2.05) is 23.9 Å². The molecule has 0 aliphatic heterocycles. The molecule has 0 aliphatic carbocycles. The monoisotopic (exact) mass is 277 g/mol. The zero-order chi connectivity index (χ0) is 13.7. The van der Waals surface area contributed by atoms with E-state index in [1.54, 1.807) is 24.3 Å². The molecule has 1 N–H and O–H groups in total. The van der Waals surface area contributed by atoms with Gasteiger partial charge in [0.15, 0.2) is 0 Å². The number of hydrogen-bond donors (Lipinski definition) is 1. The molecule has 2 aromatic rings. The fraction of sp³-hybridized carbons (Fsp3) is 0.286. The van der Waals surface area contributed by atoms with Crippen LogP contribution < -0.4 is 5.32 Å². The number of halogens is 1. The highest BCUT2D eigenvalue weighted by Gasteiger charge is 2.08. The Morgan fingerprint density at radius 2 is 2.16 bits per heavy atom. The summed E-state index contributed by atoms with van der Waals surface area (Å²) in [6, 6.07) is 8.99. The summed E-state index contributed by atoms with van der Waals surface area (Å²) in [6.07, 6.45) is 2.77. The Morgan fingerprint density at radius 3 is 2.84 bits per heavy atom.